The molecular formula is C15H33P. The number of unbranched alkanes of at least 4 members (excludes halogenated alkanes) is 8. The summed E-state index contributed by atoms with van der Waals surface area (Å²) in [6.45, 7) is 7.04. The van der Waals surface area contributed by atoms with Crippen molar-refractivity contribution in [3.8, 4) is 0 Å². The predicted octanol–water partition coefficient (Wildman–Crippen LogP) is 5.81. The molecule has 16 heavy (non-hydrogen) atoms. The van der Waals surface area contributed by atoms with E-state index in [1.807, 2.05) is 0 Å². The van der Waals surface area contributed by atoms with Crippen LogP contribution in [0.5, 0.6) is 0 Å². The highest BCUT2D eigenvalue weighted by atomic mass is 31.0. The van der Waals surface area contributed by atoms with Gasteiger partial charge in [0.25, 0.3) is 0 Å². The second-order valence-corrected chi connectivity index (χ2v) is 6.86. The zero-order valence-electron chi connectivity index (χ0n) is 11.9. The van der Waals surface area contributed by atoms with Crippen LogP contribution >= 0.6 is 9.24 Å². The standard InChI is InChI=1S/C15H33P/c1-15(2,3)13-11-9-7-5-4-6-8-10-12-14-16/h4-14,16H2,1-3H3. The van der Waals surface area contributed by atoms with Gasteiger partial charge in [0, 0.05) is 0 Å². The van der Waals surface area contributed by atoms with Crippen LogP contribution in [-0.4, -0.2) is 6.16 Å². The first-order valence-corrected chi connectivity index (χ1v) is 8.08. The van der Waals surface area contributed by atoms with Gasteiger partial charge in [0.15, 0.2) is 0 Å². The fourth-order valence-corrected chi connectivity index (χ4v) is 2.33. The second-order valence-electron chi connectivity index (χ2n) is 6.28. The Morgan fingerprint density at radius 2 is 1.00 bits per heavy atom. The molecule has 0 fully saturated rings. The number of rotatable bonds is 10. The van der Waals surface area contributed by atoms with Gasteiger partial charge in [0.2, 0.25) is 0 Å². The minimum absolute atomic E-state index is 0.540. The highest BCUT2D eigenvalue weighted by Gasteiger charge is 2.08. The lowest BCUT2D eigenvalue weighted by molar-refractivity contribution is 0.356. The summed E-state index contributed by atoms with van der Waals surface area (Å²) in [5.74, 6) is 0. The third-order valence-corrected chi connectivity index (χ3v) is 3.54. The molecule has 98 valence electrons. The van der Waals surface area contributed by atoms with Crippen LogP contribution < -0.4 is 0 Å². The molecule has 0 aliphatic heterocycles. The van der Waals surface area contributed by atoms with Crippen molar-refractivity contribution in [3.63, 3.8) is 0 Å². The molecule has 0 amide bonds. The van der Waals surface area contributed by atoms with E-state index in [0.29, 0.717) is 5.41 Å². The maximum absolute atomic E-state index is 2.82. The highest BCUT2D eigenvalue weighted by molar-refractivity contribution is 7.16. The topological polar surface area (TPSA) is 0 Å². The highest BCUT2D eigenvalue weighted by Crippen LogP contribution is 2.22. The first-order valence-electron chi connectivity index (χ1n) is 7.26. The smallest absolute Gasteiger partial charge is 0.0381 e. The average Bonchev–Trinajstić information content (AvgIpc) is 2.19. The maximum Gasteiger partial charge on any atom is -0.0381 e. The molecule has 0 heterocycles. The lowest BCUT2D eigenvalue weighted by Crippen LogP contribution is -2.03. The lowest BCUT2D eigenvalue weighted by Gasteiger charge is -2.17. The van der Waals surface area contributed by atoms with Crippen LogP contribution in [0.15, 0.2) is 0 Å². The van der Waals surface area contributed by atoms with Crippen molar-refractivity contribution in [1.29, 1.82) is 0 Å². The number of hydrogen-bond donors (Lipinski definition) is 0. The van der Waals surface area contributed by atoms with Crippen LogP contribution in [0.25, 0.3) is 0 Å². The van der Waals surface area contributed by atoms with Gasteiger partial charge in [-0.05, 0) is 24.4 Å². The van der Waals surface area contributed by atoms with Gasteiger partial charge in [-0.1, -0.05) is 72.1 Å². The minimum Gasteiger partial charge on any atom is -0.138 e. The lowest BCUT2D eigenvalue weighted by atomic mass is 9.89. The molecule has 0 aromatic heterocycles. The predicted molar refractivity (Wildman–Crippen MR) is 80.2 cm³/mol. The fourth-order valence-electron chi connectivity index (χ4n) is 2.04. The van der Waals surface area contributed by atoms with Crippen LogP contribution in [0.3, 0.4) is 0 Å². The van der Waals surface area contributed by atoms with Gasteiger partial charge in [-0.25, -0.2) is 0 Å². The fraction of sp³-hybridized carbons (Fsp3) is 1.00. The van der Waals surface area contributed by atoms with E-state index in [1.54, 1.807) is 0 Å². The Kier molecular flexibility index (Phi) is 10.9. The molecule has 1 unspecified atom stereocenters. The Morgan fingerprint density at radius 3 is 1.38 bits per heavy atom. The van der Waals surface area contributed by atoms with E-state index in [-0.39, 0.29) is 0 Å². The molecule has 0 aromatic carbocycles. The Bertz CT molecular complexity index is 135. The van der Waals surface area contributed by atoms with Gasteiger partial charge in [0.1, 0.15) is 0 Å². The summed E-state index contributed by atoms with van der Waals surface area (Å²) < 4.78 is 0. The van der Waals surface area contributed by atoms with Crippen LogP contribution in [-0.2, 0) is 0 Å². The van der Waals surface area contributed by atoms with Crippen molar-refractivity contribution >= 4 is 9.24 Å². The van der Waals surface area contributed by atoms with E-state index in [1.165, 1.54) is 70.4 Å². The van der Waals surface area contributed by atoms with Gasteiger partial charge in [0.05, 0.1) is 0 Å². The van der Waals surface area contributed by atoms with Crippen molar-refractivity contribution in [2.75, 3.05) is 6.16 Å². The van der Waals surface area contributed by atoms with Crippen molar-refractivity contribution in [2.24, 2.45) is 5.41 Å². The summed E-state index contributed by atoms with van der Waals surface area (Å²) in [6.07, 6.45) is 15.7. The van der Waals surface area contributed by atoms with Crippen molar-refractivity contribution in [1.82, 2.24) is 0 Å². The van der Waals surface area contributed by atoms with Crippen LogP contribution in [0.2, 0.25) is 0 Å². The Morgan fingerprint density at radius 1 is 0.625 bits per heavy atom. The Hall–Kier alpha value is 0.430. The Balaban J connectivity index is 2.99. The molecule has 0 aromatic rings. The third-order valence-electron chi connectivity index (χ3n) is 3.13. The molecule has 0 nitrogen and oxygen atoms in total. The molecule has 0 spiro atoms. The van der Waals surface area contributed by atoms with Gasteiger partial charge in [-0.15, -0.1) is 9.24 Å². The van der Waals surface area contributed by atoms with Crippen molar-refractivity contribution in [2.45, 2.75) is 85.0 Å². The zero-order chi connectivity index (χ0) is 12.3. The van der Waals surface area contributed by atoms with E-state index in [2.05, 4.69) is 30.0 Å². The van der Waals surface area contributed by atoms with Crippen molar-refractivity contribution in [3.05, 3.63) is 0 Å². The normalized spacial score (nSPS) is 12.0. The average molecular weight is 244 g/mol. The van der Waals surface area contributed by atoms with Gasteiger partial charge in [-0.3, -0.25) is 0 Å². The van der Waals surface area contributed by atoms with E-state index in [9.17, 15) is 0 Å². The van der Waals surface area contributed by atoms with E-state index in [4.69, 9.17) is 0 Å². The molecule has 0 saturated carbocycles. The van der Waals surface area contributed by atoms with E-state index >= 15 is 0 Å². The second kappa shape index (κ2) is 10.6. The molecule has 0 aliphatic rings. The molecule has 0 bridgehead atoms. The van der Waals surface area contributed by atoms with Crippen LogP contribution in [0.4, 0.5) is 0 Å². The molecule has 0 saturated heterocycles. The Labute approximate surface area is 106 Å². The summed E-state index contributed by atoms with van der Waals surface area (Å²) in [5.41, 5.74) is 0.540. The maximum atomic E-state index is 2.82. The molecule has 0 N–H and O–H groups in total. The van der Waals surface area contributed by atoms with Crippen molar-refractivity contribution < 1.29 is 0 Å². The molecule has 0 aliphatic carbocycles. The van der Waals surface area contributed by atoms with Gasteiger partial charge < -0.3 is 0 Å². The first-order chi connectivity index (χ1) is 7.56. The van der Waals surface area contributed by atoms with Crippen LogP contribution in [0, 0.1) is 5.41 Å². The molecule has 1 heteroatoms. The summed E-state index contributed by atoms with van der Waals surface area (Å²) in [6, 6.07) is 0. The molecular weight excluding hydrogens is 211 g/mol. The summed E-state index contributed by atoms with van der Waals surface area (Å²) >= 11 is 0. The first kappa shape index (κ1) is 16.4. The summed E-state index contributed by atoms with van der Waals surface area (Å²) in [7, 11) is 2.82. The van der Waals surface area contributed by atoms with Crippen LogP contribution in [0.1, 0.15) is 85.0 Å². The quantitative estimate of drug-likeness (QED) is 0.336. The van der Waals surface area contributed by atoms with Gasteiger partial charge >= 0.3 is 0 Å². The zero-order valence-corrected chi connectivity index (χ0v) is 13.0. The SMILES string of the molecule is CC(C)(C)CCCCCCCCCCCP. The van der Waals surface area contributed by atoms with E-state index in [0.717, 1.165) is 0 Å². The summed E-state index contributed by atoms with van der Waals surface area (Å²) in [4.78, 5) is 0. The minimum atomic E-state index is 0.540. The van der Waals surface area contributed by atoms with E-state index < -0.39 is 0 Å². The van der Waals surface area contributed by atoms with Gasteiger partial charge in [-0.2, -0.15) is 0 Å². The molecule has 1 atom stereocenters. The monoisotopic (exact) mass is 244 g/mol. The number of hydrogen-bond acceptors (Lipinski definition) is 0. The molecule has 0 rings (SSSR count). The largest absolute Gasteiger partial charge is 0.138 e. The molecule has 0 radical (unpaired) electrons. The third kappa shape index (κ3) is 14.4. The summed E-state index contributed by atoms with van der Waals surface area (Å²) in [5, 5.41) is 0.